The van der Waals surface area contributed by atoms with Crippen LogP contribution in [0.4, 0.5) is 0 Å². The van der Waals surface area contributed by atoms with Gasteiger partial charge in [-0.15, -0.1) is 0 Å². The molecule has 0 unspecified atom stereocenters. The van der Waals surface area contributed by atoms with Crippen LogP contribution >= 0.6 is 0 Å². The molecule has 0 saturated heterocycles. The van der Waals surface area contributed by atoms with Gasteiger partial charge in [0.1, 0.15) is 6.20 Å². The quantitative estimate of drug-likeness (QED) is 0.544. The van der Waals surface area contributed by atoms with Crippen LogP contribution in [0.3, 0.4) is 0 Å². The highest BCUT2D eigenvalue weighted by atomic mass is 16.5. The van der Waals surface area contributed by atoms with Crippen molar-refractivity contribution in [2.45, 2.75) is 13.3 Å². The topological polar surface area (TPSA) is 52.7 Å². The van der Waals surface area contributed by atoms with E-state index in [-0.39, 0.29) is 0 Å². The van der Waals surface area contributed by atoms with E-state index in [0.717, 1.165) is 10.3 Å². The van der Waals surface area contributed by atoms with E-state index in [9.17, 15) is 5.21 Å². The second-order valence-electron chi connectivity index (χ2n) is 3.18. The molecular formula is C11H11N3O. The fourth-order valence-corrected chi connectivity index (χ4v) is 1.33. The molecule has 2 aromatic rings. The summed E-state index contributed by atoms with van der Waals surface area (Å²) < 4.78 is 0.773. The van der Waals surface area contributed by atoms with Crippen molar-refractivity contribution in [2.75, 3.05) is 0 Å². The summed E-state index contributed by atoms with van der Waals surface area (Å²) in [5.74, 6) is 0.440. The van der Waals surface area contributed by atoms with Crippen LogP contribution < -0.4 is 4.73 Å². The molecule has 0 atom stereocenters. The number of hydrogen-bond donors (Lipinski definition) is 0. The number of hydrogen-bond acceptors (Lipinski definition) is 3. The third-order valence-corrected chi connectivity index (χ3v) is 2.15. The van der Waals surface area contributed by atoms with Crippen molar-refractivity contribution in [1.82, 2.24) is 10.2 Å². The average Bonchev–Trinajstić information content (AvgIpc) is 2.30. The van der Waals surface area contributed by atoms with E-state index in [1.165, 1.54) is 6.20 Å². The van der Waals surface area contributed by atoms with Gasteiger partial charge in [-0.1, -0.05) is 37.3 Å². The molecule has 1 aromatic carbocycles. The van der Waals surface area contributed by atoms with Crippen LogP contribution in [0.1, 0.15) is 12.7 Å². The van der Waals surface area contributed by atoms with Crippen molar-refractivity contribution in [2.24, 2.45) is 0 Å². The minimum absolute atomic E-state index is 0.440. The molecule has 0 aliphatic heterocycles. The van der Waals surface area contributed by atoms with E-state index >= 15 is 0 Å². The van der Waals surface area contributed by atoms with Crippen LogP contribution in [0.15, 0.2) is 36.5 Å². The SMILES string of the molecule is CCc1nnc(-c2ccccc2)c[n+]1[O-]. The van der Waals surface area contributed by atoms with Gasteiger partial charge >= 0.3 is 5.82 Å². The number of rotatable bonds is 2. The van der Waals surface area contributed by atoms with Gasteiger partial charge in [0.05, 0.1) is 11.5 Å². The smallest absolute Gasteiger partial charge is 0.329 e. The molecule has 0 bridgehead atoms. The van der Waals surface area contributed by atoms with E-state index in [1.54, 1.807) is 0 Å². The Hall–Kier alpha value is -1.97. The Morgan fingerprint density at radius 1 is 1.20 bits per heavy atom. The second kappa shape index (κ2) is 4.04. The predicted molar refractivity (Wildman–Crippen MR) is 55.8 cm³/mol. The third kappa shape index (κ3) is 1.93. The molecule has 0 N–H and O–H groups in total. The normalized spacial score (nSPS) is 10.2. The predicted octanol–water partition coefficient (Wildman–Crippen LogP) is 1.34. The summed E-state index contributed by atoms with van der Waals surface area (Å²) in [4.78, 5) is 0. The molecule has 1 aromatic heterocycles. The molecule has 0 aliphatic carbocycles. The zero-order chi connectivity index (χ0) is 10.7. The first-order chi connectivity index (χ1) is 7.31. The monoisotopic (exact) mass is 201 g/mol. The van der Waals surface area contributed by atoms with Gasteiger partial charge in [0.2, 0.25) is 0 Å². The first-order valence-electron chi connectivity index (χ1n) is 4.82. The zero-order valence-corrected chi connectivity index (χ0v) is 8.42. The van der Waals surface area contributed by atoms with E-state index in [1.807, 2.05) is 37.3 Å². The molecule has 4 nitrogen and oxygen atoms in total. The lowest BCUT2D eigenvalue weighted by Gasteiger charge is -2.04. The lowest BCUT2D eigenvalue weighted by Crippen LogP contribution is -2.33. The highest BCUT2D eigenvalue weighted by molar-refractivity contribution is 5.56. The Kier molecular flexibility index (Phi) is 2.58. The van der Waals surface area contributed by atoms with Gasteiger partial charge in [0.25, 0.3) is 0 Å². The van der Waals surface area contributed by atoms with Crippen molar-refractivity contribution in [1.29, 1.82) is 0 Å². The van der Waals surface area contributed by atoms with E-state index in [4.69, 9.17) is 0 Å². The maximum atomic E-state index is 11.5. The molecule has 2 rings (SSSR count). The van der Waals surface area contributed by atoms with Crippen LogP contribution in [0.25, 0.3) is 11.3 Å². The van der Waals surface area contributed by atoms with Gasteiger partial charge in [0, 0.05) is 5.56 Å². The minimum Gasteiger partial charge on any atom is -0.711 e. The van der Waals surface area contributed by atoms with Crippen LogP contribution in [0.2, 0.25) is 0 Å². The van der Waals surface area contributed by atoms with Gasteiger partial charge in [-0.25, -0.2) is 4.73 Å². The molecule has 0 fully saturated rings. The van der Waals surface area contributed by atoms with Crippen molar-refractivity contribution in [3.8, 4) is 11.3 Å². The van der Waals surface area contributed by atoms with Gasteiger partial charge in [-0.3, -0.25) is 0 Å². The highest BCUT2D eigenvalue weighted by Gasteiger charge is 2.09. The summed E-state index contributed by atoms with van der Waals surface area (Å²) in [5.41, 5.74) is 1.50. The van der Waals surface area contributed by atoms with Crippen molar-refractivity contribution < 1.29 is 4.73 Å². The average molecular weight is 201 g/mol. The molecule has 0 saturated carbocycles. The summed E-state index contributed by atoms with van der Waals surface area (Å²) in [6, 6.07) is 9.52. The van der Waals surface area contributed by atoms with Crippen molar-refractivity contribution in [3.05, 3.63) is 47.6 Å². The van der Waals surface area contributed by atoms with Crippen LogP contribution in [0, 0.1) is 5.21 Å². The Balaban J connectivity index is 2.43. The Bertz CT molecular complexity index is 457. The maximum Gasteiger partial charge on any atom is 0.329 e. The van der Waals surface area contributed by atoms with E-state index in [2.05, 4.69) is 10.2 Å². The van der Waals surface area contributed by atoms with E-state index in [0.29, 0.717) is 17.9 Å². The lowest BCUT2D eigenvalue weighted by atomic mass is 10.2. The number of benzene rings is 1. The molecule has 76 valence electrons. The largest absolute Gasteiger partial charge is 0.711 e. The molecule has 0 spiro atoms. The van der Waals surface area contributed by atoms with Crippen molar-refractivity contribution >= 4 is 0 Å². The Morgan fingerprint density at radius 2 is 1.93 bits per heavy atom. The second-order valence-corrected chi connectivity index (χ2v) is 3.18. The first-order valence-corrected chi connectivity index (χ1v) is 4.82. The van der Waals surface area contributed by atoms with Gasteiger partial charge < -0.3 is 5.21 Å². The van der Waals surface area contributed by atoms with Crippen LogP contribution in [-0.2, 0) is 6.42 Å². The van der Waals surface area contributed by atoms with Crippen molar-refractivity contribution in [3.63, 3.8) is 0 Å². The zero-order valence-electron chi connectivity index (χ0n) is 8.42. The minimum atomic E-state index is 0.440. The fourth-order valence-electron chi connectivity index (χ4n) is 1.33. The maximum absolute atomic E-state index is 11.5. The third-order valence-electron chi connectivity index (χ3n) is 2.15. The van der Waals surface area contributed by atoms with Crippen LogP contribution in [0.5, 0.6) is 0 Å². The molecule has 0 radical (unpaired) electrons. The molecular weight excluding hydrogens is 190 g/mol. The molecule has 4 heteroatoms. The Labute approximate surface area is 87.8 Å². The summed E-state index contributed by atoms with van der Waals surface area (Å²) in [6.45, 7) is 1.88. The summed E-state index contributed by atoms with van der Waals surface area (Å²) in [5, 5.41) is 19.3. The molecule has 15 heavy (non-hydrogen) atoms. The van der Waals surface area contributed by atoms with Gasteiger partial charge in [-0.05, 0) is 5.10 Å². The molecule has 1 heterocycles. The first kappa shape index (κ1) is 9.58. The molecule has 0 amide bonds. The highest BCUT2D eigenvalue weighted by Crippen LogP contribution is 2.12. The fraction of sp³-hybridized carbons (Fsp3) is 0.182. The summed E-state index contributed by atoms with van der Waals surface area (Å²) in [6.07, 6.45) is 2.05. The van der Waals surface area contributed by atoms with E-state index < -0.39 is 0 Å². The number of nitrogens with zero attached hydrogens (tertiary/aromatic N) is 3. The number of aromatic nitrogens is 3. The summed E-state index contributed by atoms with van der Waals surface area (Å²) >= 11 is 0. The van der Waals surface area contributed by atoms with Gasteiger partial charge in [-0.2, -0.15) is 0 Å². The molecule has 0 aliphatic rings. The van der Waals surface area contributed by atoms with Gasteiger partial charge in [0.15, 0.2) is 5.69 Å². The lowest BCUT2D eigenvalue weighted by molar-refractivity contribution is -0.617. The van der Waals surface area contributed by atoms with Crippen LogP contribution in [-0.4, -0.2) is 10.2 Å². The Morgan fingerprint density at radius 3 is 2.53 bits per heavy atom. The number of aryl methyl sites for hydroxylation is 1. The summed E-state index contributed by atoms with van der Waals surface area (Å²) in [7, 11) is 0. The standard InChI is InChI=1S/C11H11N3O/c1-2-11-13-12-10(8-14(11)15)9-6-4-3-5-7-9/h3-8H,2H2,1H3.